The zero-order valence-electron chi connectivity index (χ0n) is 20.8. The molecule has 11 heteroatoms. The molecule has 4 rings (SSSR count). The van der Waals surface area contributed by atoms with E-state index in [0.29, 0.717) is 56.6 Å². The van der Waals surface area contributed by atoms with E-state index in [0.717, 1.165) is 39.3 Å². The first-order chi connectivity index (χ1) is 17.2. The minimum atomic E-state index is -3.37. The van der Waals surface area contributed by atoms with Gasteiger partial charge in [0.15, 0.2) is 9.84 Å². The Labute approximate surface area is 213 Å². The van der Waals surface area contributed by atoms with Gasteiger partial charge in [0.1, 0.15) is 6.61 Å². The van der Waals surface area contributed by atoms with E-state index in [-0.39, 0.29) is 22.6 Å². The number of nitriles is 1. The molecule has 1 aromatic rings. The number of piperazine rings is 1. The molecule has 3 heterocycles. The van der Waals surface area contributed by atoms with Gasteiger partial charge in [-0.1, -0.05) is 0 Å². The van der Waals surface area contributed by atoms with Crippen LogP contribution in [0.2, 0.25) is 0 Å². The van der Waals surface area contributed by atoms with Crippen molar-refractivity contribution in [1.82, 2.24) is 19.6 Å². The Kier molecular flexibility index (Phi) is 8.49. The van der Waals surface area contributed by atoms with Crippen molar-refractivity contribution in [3.05, 3.63) is 29.8 Å². The van der Waals surface area contributed by atoms with E-state index >= 15 is 0 Å². The molecule has 1 aromatic carbocycles. The largest absolute Gasteiger partial charge is 0.448 e. The second-order valence-corrected chi connectivity index (χ2v) is 12.1. The third-order valence-electron chi connectivity index (χ3n) is 7.50. The van der Waals surface area contributed by atoms with Crippen LogP contribution in [0, 0.1) is 23.2 Å². The Bertz CT molecular complexity index is 1070. The molecule has 0 aromatic heterocycles. The lowest BCUT2D eigenvalue weighted by Gasteiger charge is -2.34. The van der Waals surface area contributed by atoms with E-state index in [2.05, 4.69) is 9.80 Å². The lowest BCUT2D eigenvalue weighted by atomic mass is 10.0. The van der Waals surface area contributed by atoms with Gasteiger partial charge in [0.05, 0.1) is 22.3 Å². The molecular weight excluding hydrogens is 482 g/mol. The van der Waals surface area contributed by atoms with Gasteiger partial charge in [-0.05, 0) is 49.1 Å². The summed E-state index contributed by atoms with van der Waals surface area (Å²) in [6.45, 7) is 9.47. The fraction of sp³-hybridized carbons (Fsp3) is 0.640. The summed E-state index contributed by atoms with van der Waals surface area (Å²) in [7, 11) is -3.37. The number of sulfone groups is 1. The molecule has 3 saturated heterocycles. The van der Waals surface area contributed by atoms with Crippen LogP contribution in [-0.4, -0.2) is 118 Å². The summed E-state index contributed by atoms with van der Waals surface area (Å²) >= 11 is 0. The summed E-state index contributed by atoms with van der Waals surface area (Å²) < 4.78 is 30.7. The van der Waals surface area contributed by atoms with Crippen molar-refractivity contribution >= 4 is 21.8 Å². The maximum atomic E-state index is 12.6. The molecule has 2 amide bonds. The Morgan fingerprint density at radius 3 is 2.17 bits per heavy atom. The number of amides is 2. The molecule has 196 valence electrons. The van der Waals surface area contributed by atoms with E-state index < -0.39 is 9.84 Å². The minimum Gasteiger partial charge on any atom is -0.448 e. The maximum absolute atomic E-state index is 12.6. The lowest BCUT2D eigenvalue weighted by molar-refractivity contribution is -0.130. The van der Waals surface area contributed by atoms with Crippen LogP contribution in [-0.2, 0) is 19.4 Å². The molecule has 2 atom stereocenters. The van der Waals surface area contributed by atoms with Crippen molar-refractivity contribution in [2.45, 2.75) is 18.2 Å². The number of likely N-dealkylation sites (tertiary alicyclic amines) is 2. The number of carbonyl (C=O) groups is 2. The summed E-state index contributed by atoms with van der Waals surface area (Å²) in [5.74, 6) is 0.972. The summed E-state index contributed by atoms with van der Waals surface area (Å²) in [6, 6.07) is 8.05. The third kappa shape index (κ3) is 6.55. The van der Waals surface area contributed by atoms with Gasteiger partial charge in [0.25, 0.3) is 0 Å². The molecule has 0 saturated carbocycles. The van der Waals surface area contributed by atoms with Crippen LogP contribution in [0.1, 0.15) is 18.9 Å². The molecule has 0 bridgehead atoms. The number of ether oxygens (including phenoxy) is 1. The van der Waals surface area contributed by atoms with Crippen molar-refractivity contribution in [2.24, 2.45) is 11.8 Å². The van der Waals surface area contributed by atoms with Crippen molar-refractivity contribution in [1.29, 1.82) is 5.26 Å². The van der Waals surface area contributed by atoms with Gasteiger partial charge < -0.3 is 19.4 Å². The predicted molar refractivity (Wildman–Crippen MR) is 133 cm³/mol. The van der Waals surface area contributed by atoms with Gasteiger partial charge in [-0.15, -0.1) is 0 Å². The molecule has 0 radical (unpaired) electrons. The van der Waals surface area contributed by atoms with Gasteiger partial charge in [-0.2, -0.15) is 5.26 Å². The third-order valence-corrected chi connectivity index (χ3v) is 9.32. The molecule has 0 spiro atoms. The highest BCUT2D eigenvalue weighted by atomic mass is 32.2. The van der Waals surface area contributed by atoms with Crippen LogP contribution in [0.15, 0.2) is 29.2 Å². The number of hydrogen-bond acceptors (Lipinski definition) is 8. The van der Waals surface area contributed by atoms with Gasteiger partial charge >= 0.3 is 6.09 Å². The van der Waals surface area contributed by atoms with Crippen LogP contribution in [0.5, 0.6) is 0 Å². The van der Waals surface area contributed by atoms with Gasteiger partial charge in [0.2, 0.25) is 5.91 Å². The minimum absolute atomic E-state index is 0.0764. The number of hydrogen-bond donors (Lipinski definition) is 0. The first kappa shape index (κ1) is 26.4. The van der Waals surface area contributed by atoms with Crippen LogP contribution in [0.4, 0.5) is 4.79 Å². The molecule has 0 N–H and O–H groups in total. The highest BCUT2D eigenvalue weighted by Crippen LogP contribution is 2.31. The van der Waals surface area contributed by atoms with Crippen LogP contribution >= 0.6 is 0 Å². The van der Waals surface area contributed by atoms with Crippen LogP contribution in [0.25, 0.3) is 0 Å². The van der Waals surface area contributed by atoms with E-state index in [9.17, 15) is 18.0 Å². The smallest absolute Gasteiger partial charge is 0.409 e. The van der Waals surface area contributed by atoms with Crippen LogP contribution in [0.3, 0.4) is 0 Å². The number of fused-ring (bicyclic) bond motifs is 1. The standard InChI is InChI=1S/C25H35N5O5S/c1-20(31)29-10-8-27(9-11-29)12-13-35-25(32)30-18-22-16-28(17-23(22)19-30)7-2-14-36(33,34)24-5-3-21(15-26)4-6-24/h3-6,22-23H,2,7-14,16-19H2,1H3. The number of rotatable bonds is 8. The van der Waals surface area contributed by atoms with Gasteiger partial charge in [0, 0.05) is 65.8 Å². The fourth-order valence-electron chi connectivity index (χ4n) is 5.39. The molecule has 2 unspecified atom stereocenters. The average Bonchev–Trinajstić information content (AvgIpc) is 3.43. The molecular formula is C25H35N5O5S. The SMILES string of the molecule is CC(=O)N1CCN(CCOC(=O)N2CC3CN(CCCS(=O)(=O)c4ccc(C#N)cc4)CC3C2)CC1. The summed E-state index contributed by atoms with van der Waals surface area (Å²) in [4.78, 5) is 32.4. The van der Waals surface area contributed by atoms with Crippen molar-refractivity contribution in [3.63, 3.8) is 0 Å². The molecule has 3 aliphatic heterocycles. The molecule has 3 fully saturated rings. The zero-order valence-corrected chi connectivity index (χ0v) is 21.7. The molecule has 10 nitrogen and oxygen atoms in total. The Balaban J connectivity index is 1.12. The second-order valence-electron chi connectivity index (χ2n) is 9.96. The molecule has 0 aliphatic carbocycles. The van der Waals surface area contributed by atoms with Gasteiger partial charge in [-0.3, -0.25) is 9.69 Å². The Morgan fingerprint density at radius 2 is 1.58 bits per heavy atom. The van der Waals surface area contributed by atoms with Crippen LogP contribution < -0.4 is 0 Å². The highest BCUT2D eigenvalue weighted by Gasteiger charge is 2.41. The van der Waals surface area contributed by atoms with E-state index in [4.69, 9.17) is 10.00 Å². The van der Waals surface area contributed by atoms with E-state index in [1.54, 1.807) is 11.8 Å². The van der Waals surface area contributed by atoms with E-state index in [1.165, 1.54) is 24.3 Å². The van der Waals surface area contributed by atoms with Gasteiger partial charge in [-0.25, -0.2) is 13.2 Å². The first-order valence-corrected chi connectivity index (χ1v) is 14.3. The first-order valence-electron chi connectivity index (χ1n) is 12.6. The number of carbonyl (C=O) groups excluding carboxylic acids is 2. The number of nitrogens with zero attached hydrogens (tertiary/aromatic N) is 5. The topological polar surface area (TPSA) is 114 Å². The normalized spacial score (nSPS) is 22.9. The quantitative estimate of drug-likeness (QED) is 0.499. The lowest BCUT2D eigenvalue weighted by Crippen LogP contribution is -2.49. The number of benzene rings is 1. The highest BCUT2D eigenvalue weighted by molar-refractivity contribution is 7.91. The van der Waals surface area contributed by atoms with Crippen molar-refractivity contribution in [3.8, 4) is 6.07 Å². The monoisotopic (exact) mass is 517 g/mol. The van der Waals surface area contributed by atoms with E-state index in [1.807, 2.05) is 11.0 Å². The Morgan fingerprint density at radius 1 is 0.944 bits per heavy atom. The van der Waals surface area contributed by atoms with Crippen molar-refractivity contribution in [2.75, 3.05) is 77.8 Å². The average molecular weight is 518 g/mol. The molecule has 3 aliphatic rings. The molecule has 36 heavy (non-hydrogen) atoms. The summed E-state index contributed by atoms with van der Waals surface area (Å²) in [6.07, 6.45) is 0.292. The van der Waals surface area contributed by atoms with Crippen molar-refractivity contribution < 1.29 is 22.7 Å². The summed E-state index contributed by atoms with van der Waals surface area (Å²) in [5.41, 5.74) is 0.444. The maximum Gasteiger partial charge on any atom is 0.409 e. The Hall–Kier alpha value is -2.68. The predicted octanol–water partition coefficient (Wildman–Crippen LogP) is 0.886. The fourth-order valence-corrected chi connectivity index (χ4v) is 6.69. The summed E-state index contributed by atoms with van der Waals surface area (Å²) in [5, 5.41) is 8.87. The second kappa shape index (κ2) is 11.6. The zero-order chi connectivity index (χ0) is 25.7.